The van der Waals surface area contributed by atoms with E-state index in [-0.39, 0.29) is 10.7 Å². The zero-order valence-corrected chi connectivity index (χ0v) is 10.3. The Balaban J connectivity index is 2.29. The highest BCUT2D eigenvalue weighted by Crippen LogP contribution is 2.36. The van der Waals surface area contributed by atoms with E-state index >= 15 is 0 Å². The largest absolute Gasteiger partial charge is 0.418 e. The van der Waals surface area contributed by atoms with Crippen molar-refractivity contribution < 1.29 is 13.2 Å². The van der Waals surface area contributed by atoms with E-state index in [4.69, 9.17) is 11.6 Å². The molecule has 0 atom stereocenters. The van der Waals surface area contributed by atoms with E-state index in [0.717, 1.165) is 18.9 Å². The zero-order valence-electron chi connectivity index (χ0n) is 9.52. The van der Waals surface area contributed by atoms with Crippen LogP contribution in [0, 0.1) is 0 Å². The van der Waals surface area contributed by atoms with Crippen LogP contribution >= 0.6 is 11.6 Å². The fourth-order valence-electron chi connectivity index (χ4n) is 1.81. The summed E-state index contributed by atoms with van der Waals surface area (Å²) in [7, 11) is 0. The molecule has 1 aromatic rings. The van der Waals surface area contributed by atoms with Gasteiger partial charge in [-0.2, -0.15) is 13.2 Å². The Morgan fingerprint density at radius 3 is 2.61 bits per heavy atom. The minimum Gasteiger partial charge on any atom is -0.344 e. The lowest BCUT2D eigenvalue weighted by molar-refractivity contribution is -0.136. The molecule has 98 valence electrons. The molecule has 0 fully saturated rings. The quantitative estimate of drug-likeness (QED) is 0.810. The molecule has 0 bridgehead atoms. The van der Waals surface area contributed by atoms with Gasteiger partial charge in [0.1, 0.15) is 5.84 Å². The van der Waals surface area contributed by atoms with Crippen molar-refractivity contribution in [2.75, 3.05) is 11.9 Å². The number of alkyl halides is 3. The van der Waals surface area contributed by atoms with Crippen LogP contribution in [0.25, 0.3) is 0 Å². The molecule has 0 aromatic heterocycles. The smallest absolute Gasteiger partial charge is 0.344 e. The van der Waals surface area contributed by atoms with Gasteiger partial charge in [-0.05, 0) is 31.0 Å². The van der Waals surface area contributed by atoms with Gasteiger partial charge in [-0.15, -0.1) is 0 Å². The first-order valence-corrected chi connectivity index (χ1v) is 6.02. The third-order valence-corrected chi connectivity index (χ3v) is 2.93. The van der Waals surface area contributed by atoms with Crippen molar-refractivity contribution >= 4 is 23.1 Å². The maximum Gasteiger partial charge on any atom is 0.418 e. The van der Waals surface area contributed by atoms with Gasteiger partial charge in [-0.1, -0.05) is 11.6 Å². The number of nitrogens with zero attached hydrogens (tertiary/aromatic N) is 1. The Morgan fingerprint density at radius 2 is 2.00 bits per heavy atom. The molecular formula is C12H12ClF3N2. The molecule has 1 aromatic carbocycles. The first-order chi connectivity index (χ1) is 8.47. The normalized spacial score (nSPS) is 16.3. The topological polar surface area (TPSA) is 24.4 Å². The van der Waals surface area contributed by atoms with Crippen molar-refractivity contribution in [3.8, 4) is 0 Å². The summed E-state index contributed by atoms with van der Waals surface area (Å²) in [4.78, 5) is 4.18. The van der Waals surface area contributed by atoms with Crippen LogP contribution in [0.2, 0.25) is 5.02 Å². The molecule has 0 saturated carbocycles. The van der Waals surface area contributed by atoms with E-state index in [2.05, 4.69) is 10.3 Å². The molecular weight excluding hydrogens is 265 g/mol. The summed E-state index contributed by atoms with van der Waals surface area (Å²) in [6.07, 6.45) is -1.82. The molecule has 0 spiro atoms. The predicted molar refractivity (Wildman–Crippen MR) is 66.2 cm³/mol. The second-order valence-electron chi connectivity index (χ2n) is 4.10. The lowest BCUT2D eigenvalue weighted by Crippen LogP contribution is -2.19. The van der Waals surface area contributed by atoms with Gasteiger partial charge in [0, 0.05) is 18.0 Å². The van der Waals surface area contributed by atoms with Crippen LogP contribution < -0.4 is 5.32 Å². The summed E-state index contributed by atoms with van der Waals surface area (Å²) in [6.45, 7) is 0.664. The zero-order chi connectivity index (χ0) is 13.2. The van der Waals surface area contributed by atoms with Crippen molar-refractivity contribution in [2.45, 2.75) is 25.4 Å². The summed E-state index contributed by atoms with van der Waals surface area (Å²) in [6, 6.07) is 3.69. The highest BCUT2D eigenvalue weighted by Gasteiger charge is 2.34. The van der Waals surface area contributed by atoms with E-state index in [9.17, 15) is 13.2 Å². The highest BCUT2D eigenvalue weighted by molar-refractivity contribution is 6.30. The van der Waals surface area contributed by atoms with Crippen molar-refractivity contribution in [2.24, 2.45) is 4.99 Å². The van der Waals surface area contributed by atoms with Gasteiger partial charge in [0.15, 0.2) is 0 Å². The second-order valence-corrected chi connectivity index (χ2v) is 4.53. The lowest BCUT2D eigenvalue weighted by Gasteiger charge is -2.18. The number of hydrogen-bond donors (Lipinski definition) is 1. The SMILES string of the molecule is FC(F)(F)c1cc(Cl)ccc1NC1=NCCCC1. The number of nitrogens with one attached hydrogen (secondary N) is 1. The van der Waals surface area contributed by atoms with Crippen LogP contribution in [0.15, 0.2) is 23.2 Å². The van der Waals surface area contributed by atoms with Gasteiger partial charge in [0.25, 0.3) is 0 Å². The highest BCUT2D eigenvalue weighted by atomic mass is 35.5. The molecule has 1 N–H and O–H groups in total. The minimum atomic E-state index is -4.43. The van der Waals surface area contributed by atoms with Crippen LogP contribution in [-0.2, 0) is 6.18 Å². The maximum atomic E-state index is 12.8. The molecule has 0 amide bonds. The number of anilines is 1. The summed E-state index contributed by atoms with van der Waals surface area (Å²) in [5, 5.41) is 2.82. The monoisotopic (exact) mass is 276 g/mol. The van der Waals surface area contributed by atoms with Crippen molar-refractivity contribution in [3.63, 3.8) is 0 Å². The van der Waals surface area contributed by atoms with Gasteiger partial charge in [0.05, 0.1) is 11.3 Å². The predicted octanol–water partition coefficient (Wildman–Crippen LogP) is 4.35. The number of rotatable bonds is 1. The van der Waals surface area contributed by atoms with Crippen LogP contribution in [0.5, 0.6) is 0 Å². The lowest BCUT2D eigenvalue weighted by atomic mass is 10.1. The summed E-state index contributed by atoms with van der Waals surface area (Å²) < 4.78 is 38.5. The summed E-state index contributed by atoms with van der Waals surface area (Å²) >= 11 is 5.61. The Kier molecular flexibility index (Phi) is 3.80. The van der Waals surface area contributed by atoms with E-state index < -0.39 is 11.7 Å². The third kappa shape index (κ3) is 3.16. The van der Waals surface area contributed by atoms with Gasteiger partial charge in [-0.25, -0.2) is 0 Å². The molecule has 1 aliphatic rings. The van der Waals surface area contributed by atoms with Gasteiger partial charge >= 0.3 is 6.18 Å². The molecule has 1 heterocycles. The summed E-state index contributed by atoms with van der Waals surface area (Å²) in [5.41, 5.74) is -0.754. The molecule has 18 heavy (non-hydrogen) atoms. The Morgan fingerprint density at radius 1 is 1.22 bits per heavy atom. The number of hydrogen-bond acceptors (Lipinski definition) is 2. The molecule has 2 rings (SSSR count). The number of aliphatic imine (C=N–C) groups is 1. The van der Waals surface area contributed by atoms with Crippen molar-refractivity contribution in [3.05, 3.63) is 28.8 Å². The average Bonchev–Trinajstić information content (AvgIpc) is 2.31. The second kappa shape index (κ2) is 5.18. The van der Waals surface area contributed by atoms with Crippen LogP contribution in [-0.4, -0.2) is 12.4 Å². The maximum absolute atomic E-state index is 12.8. The van der Waals surface area contributed by atoms with Crippen molar-refractivity contribution in [1.29, 1.82) is 0 Å². The van der Waals surface area contributed by atoms with Gasteiger partial charge < -0.3 is 5.32 Å². The molecule has 2 nitrogen and oxygen atoms in total. The fourth-order valence-corrected chi connectivity index (χ4v) is 1.99. The first-order valence-electron chi connectivity index (χ1n) is 5.64. The summed E-state index contributed by atoms with van der Waals surface area (Å²) in [5.74, 6) is 0.606. The number of benzene rings is 1. The number of halogens is 4. The van der Waals surface area contributed by atoms with Crippen LogP contribution in [0.1, 0.15) is 24.8 Å². The third-order valence-electron chi connectivity index (χ3n) is 2.69. The molecule has 0 radical (unpaired) electrons. The standard InChI is InChI=1S/C12H12ClF3N2/c13-8-4-5-10(9(7-8)12(14,15)16)18-11-3-1-2-6-17-11/h4-5,7H,1-3,6H2,(H,17,18). The van der Waals surface area contributed by atoms with Gasteiger partial charge in [0.2, 0.25) is 0 Å². The molecule has 0 saturated heterocycles. The Hall–Kier alpha value is -1.23. The van der Waals surface area contributed by atoms with Gasteiger partial charge in [-0.3, -0.25) is 4.99 Å². The van der Waals surface area contributed by atoms with E-state index in [1.807, 2.05) is 0 Å². The van der Waals surface area contributed by atoms with Crippen LogP contribution in [0.4, 0.5) is 18.9 Å². The first kappa shape index (κ1) is 13.2. The molecule has 0 unspecified atom stereocenters. The van der Waals surface area contributed by atoms with E-state index in [1.54, 1.807) is 0 Å². The Bertz CT molecular complexity index is 469. The van der Waals surface area contributed by atoms with E-state index in [1.165, 1.54) is 12.1 Å². The van der Waals surface area contributed by atoms with E-state index in [0.29, 0.717) is 18.8 Å². The van der Waals surface area contributed by atoms with Crippen molar-refractivity contribution in [1.82, 2.24) is 0 Å². The minimum absolute atomic E-state index is 0.00699. The molecule has 6 heteroatoms. The fraction of sp³-hybridized carbons (Fsp3) is 0.417. The molecule has 0 aliphatic carbocycles. The number of amidine groups is 1. The van der Waals surface area contributed by atoms with Crippen LogP contribution in [0.3, 0.4) is 0 Å². The Labute approximate surface area is 108 Å². The molecule has 1 aliphatic heterocycles. The average molecular weight is 277 g/mol.